The molecule has 1 aliphatic heterocycles. The van der Waals surface area contributed by atoms with E-state index >= 15 is 0 Å². The maximum Gasteiger partial charge on any atom is 0.183 e. The zero-order valence-corrected chi connectivity index (χ0v) is 9.97. The van der Waals surface area contributed by atoms with Crippen LogP contribution in [0.5, 0.6) is 0 Å². The van der Waals surface area contributed by atoms with Gasteiger partial charge in [0, 0.05) is 6.42 Å². The van der Waals surface area contributed by atoms with Crippen LogP contribution in [0.2, 0.25) is 0 Å². The third kappa shape index (κ3) is 2.73. The van der Waals surface area contributed by atoms with E-state index in [1.807, 2.05) is 0 Å². The van der Waals surface area contributed by atoms with Crippen molar-refractivity contribution in [2.45, 2.75) is 58.9 Å². The SMILES string of the molecule is CCCCCC1N=C(OC)CC1(C)C. The summed E-state index contributed by atoms with van der Waals surface area (Å²) in [6, 6.07) is 0.476. The maximum atomic E-state index is 5.23. The molecular formula is C12H23NO. The van der Waals surface area contributed by atoms with E-state index in [1.165, 1.54) is 25.7 Å². The Bertz CT molecular complexity index is 208. The van der Waals surface area contributed by atoms with Gasteiger partial charge >= 0.3 is 0 Å². The molecule has 1 atom stereocenters. The van der Waals surface area contributed by atoms with Crippen molar-refractivity contribution in [3.05, 3.63) is 0 Å². The highest BCUT2D eigenvalue weighted by molar-refractivity contribution is 5.79. The minimum atomic E-state index is 0.305. The third-order valence-electron chi connectivity index (χ3n) is 3.13. The summed E-state index contributed by atoms with van der Waals surface area (Å²) in [5.74, 6) is 0.941. The monoisotopic (exact) mass is 197 g/mol. The second-order valence-corrected chi connectivity index (χ2v) is 4.90. The van der Waals surface area contributed by atoms with Crippen LogP contribution in [-0.4, -0.2) is 19.0 Å². The van der Waals surface area contributed by atoms with Gasteiger partial charge in [-0.15, -0.1) is 0 Å². The van der Waals surface area contributed by atoms with Crippen molar-refractivity contribution in [1.29, 1.82) is 0 Å². The molecule has 2 nitrogen and oxygen atoms in total. The summed E-state index contributed by atoms with van der Waals surface area (Å²) in [5, 5.41) is 0. The van der Waals surface area contributed by atoms with E-state index in [0.717, 1.165) is 12.3 Å². The second kappa shape index (κ2) is 4.81. The topological polar surface area (TPSA) is 21.6 Å². The van der Waals surface area contributed by atoms with Crippen molar-refractivity contribution in [1.82, 2.24) is 0 Å². The van der Waals surface area contributed by atoms with Gasteiger partial charge in [0.15, 0.2) is 5.90 Å². The van der Waals surface area contributed by atoms with Gasteiger partial charge in [-0.05, 0) is 11.8 Å². The Balaban J connectivity index is 2.45. The fraction of sp³-hybridized carbons (Fsp3) is 0.917. The van der Waals surface area contributed by atoms with Crippen molar-refractivity contribution in [3.63, 3.8) is 0 Å². The lowest BCUT2D eigenvalue weighted by molar-refractivity contribution is 0.296. The lowest BCUT2D eigenvalue weighted by atomic mass is 9.81. The molecule has 2 heteroatoms. The first-order chi connectivity index (χ1) is 6.60. The number of ether oxygens (including phenoxy) is 1. The van der Waals surface area contributed by atoms with Crippen LogP contribution in [0.4, 0.5) is 0 Å². The molecule has 1 heterocycles. The number of unbranched alkanes of at least 4 members (excludes halogenated alkanes) is 2. The Morgan fingerprint density at radius 3 is 2.64 bits per heavy atom. The predicted octanol–water partition coefficient (Wildman–Crippen LogP) is 3.41. The molecule has 1 unspecified atom stereocenters. The molecule has 1 rings (SSSR count). The predicted molar refractivity (Wildman–Crippen MR) is 60.8 cm³/mol. The molecule has 0 aromatic rings. The lowest BCUT2D eigenvalue weighted by Gasteiger charge is -2.24. The Morgan fingerprint density at radius 2 is 2.14 bits per heavy atom. The van der Waals surface area contributed by atoms with Crippen molar-refractivity contribution < 1.29 is 4.74 Å². The van der Waals surface area contributed by atoms with E-state index in [1.54, 1.807) is 7.11 Å². The second-order valence-electron chi connectivity index (χ2n) is 4.90. The molecule has 0 saturated carbocycles. The number of nitrogens with zero attached hydrogens (tertiary/aromatic N) is 1. The highest BCUT2D eigenvalue weighted by Crippen LogP contribution is 2.36. The van der Waals surface area contributed by atoms with Gasteiger partial charge in [0.2, 0.25) is 0 Å². The molecule has 0 aromatic carbocycles. The number of hydrogen-bond acceptors (Lipinski definition) is 2. The Labute approximate surface area is 87.8 Å². The highest BCUT2D eigenvalue weighted by atomic mass is 16.5. The first-order valence-electron chi connectivity index (χ1n) is 5.71. The maximum absolute atomic E-state index is 5.23. The highest BCUT2D eigenvalue weighted by Gasteiger charge is 2.36. The Kier molecular flexibility index (Phi) is 3.97. The summed E-state index contributed by atoms with van der Waals surface area (Å²) < 4.78 is 5.23. The standard InChI is InChI=1S/C12H23NO/c1-5-6-7-8-10-12(2,3)9-11(13-10)14-4/h10H,5-9H2,1-4H3. The Hall–Kier alpha value is -0.530. The molecule has 0 amide bonds. The van der Waals surface area contributed by atoms with Crippen LogP contribution < -0.4 is 0 Å². The van der Waals surface area contributed by atoms with Gasteiger partial charge in [-0.1, -0.05) is 40.0 Å². The Morgan fingerprint density at radius 1 is 1.43 bits per heavy atom. The zero-order valence-electron chi connectivity index (χ0n) is 9.97. The van der Waals surface area contributed by atoms with E-state index in [4.69, 9.17) is 4.74 Å². The van der Waals surface area contributed by atoms with Crippen LogP contribution >= 0.6 is 0 Å². The summed E-state index contributed by atoms with van der Waals surface area (Å²) in [4.78, 5) is 4.63. The summed E-state index contributed by atoms with van der Waals surface area (Å²) in [6.45, 7) is 6.82. The van der Waals surface area contributed by atoms with Crippen LogP contribution in [-0.2, 0) is 4.74 Å². The molecule has 14 heavy (non-hydrogen) atoms. The van der Waals surface area contributed by atoms with E-state index in [2.05, 4.69) is 25.8 Å². The minimum Gasteiger partial charge on any atom is -0.484 e. The van der Waals surface area contributed by atoms with E-state index in [-0.39, 0.29) is 0 Å². The average Bonchev–Trinajstić information content (AvgIpc) is 2.42. The van der Waals surface area contributed by atoms with Crippen LogP contribution in [0, 0.1) is 5.41 Å². The molecule has 0 fully saturated rings. The molecule has 0 N–H and O–H groups in total. The van der Waals surface area contributed by atoms with Crippen molar-refractivity contribution in [2.24, 2.45) is 10.4 Å². The molecule has 0 radical (unpaired) electrons. The normalized spacial score (nSPS) is 24.9. The summed E-state index contributed by atoms with van der Waals surface area (Å²) in [7, 11) is 1.73. The van der Waals surface area contributed by atoms with Gasteiger partial charge < -0.3 is 4.74 Å². The van der Waals surface area contributed by atoms with Crippen molar-refractivity contribution in [3.8, 4) is 0 Å². The van der Waals surface area contributed by atoms with Gasteiger partial charge in [0.25, 0.3) is 0 Å². The lowest BCUT2D eigenvalue weighted by Crippen LogP contribution is -2.23. The minimum absolute atomic E-state index is 0.305. The molecular weight excluding hydrogens is 174 g/mol. The van der Waals surface area contributed by atoms with E-state index < -0.39 is 0 Å². The van der Waals surface area contributed by atoms with Crippen molar-refractivity contribution >= 4 is 5.90 Å². The van der Waals surface area contributed by atoms with Crippen LogP contribution in [0.15, 0.2) is 4.99 Å². The first-order valence-corrected chi connectivity index (χ1v) is 5.71. The van der Waals surface area contributed by atoms with E-state index in [9.17, 15) is 0 Å². The number of hydrogen-bond donors (Lipinski definition) is 0. The number of aliphatic imine (C=N–C) groups is 1. The molecule has 1 aliphatic rings. The van der Waals surface area contributed by atoms with Gasteiger partial charge in [0.05, 0.1) is 13.2 Å². The summed E-state index contributed by atoms with van der Waals surface area (Å²) in [6.07, 6.45) is 6.12. The van der Waals surface area contributed by atoms with Gasteiger partial charge in [-0.3, -0.25) is 4.99 Å². The molecule has 82 valence electrons. The van der Waals surface area contributed by atoms with Gasteiger partial charge in [-0.25, -0.2) is 0 Å². The first kappa shape index (κ1) is 11.5. The molecule has 0 aliphatic carbocycles. The molecule has 0 aromatic heterocycles. The molecule has 0 spiro atoms. The fourth-order valence-electron chi connectivity index (χ4n) is 2.07. The van der Waals surface area contributed by atoms with Crippen LogP contribution in [0.25, 0.3) is 0 Å². The zero-order chi connectivity index (χ0) is 10.6. The largest absolute Gasteiger partial charge is 0.484 e. The smallest absolute Gasteiger partial charge is 0.183 e. The summed E-state index contributed by atoms with van der Waals surface area (Å²) in [5.41, 5.74) is 0.305. The number of rotatable bonds is 4. The fourth-order valence-corrected chi connectivity index (χ4v) is 2.07. The van der Waals surface area contributed by atoms with Gasteiger partial charge in [0.1, 0.15) is 0 Å². The quantitative estimate of drug-likeness (QED) is 0.633. The average molecular weight is 197 g/mol. The van der Waals surface area contributed by atoms with E-state index in [0.29, 0.717) is 11.5 Å². The van der Waals surface area contributed by atoms with Crippen molar-refractivity contribution in [2.75, 3.05) is 7.11 Å². The number of methoxy groups -OCH3 is 1. The van der Waals surface area contributed by atoms with Crippen LogP contribution in [0.1, 0.15) is 52.9 Å². The molecule has 0 bridgehead atoms. The van der Waals surface area contributed by atoms with Gasteiger partial charge in [-0.2, -0.15) is 0 Å². The summed E-state index contributed by atoms with van der Waals surface area (Å²) >= 11 is 0. The van der Waals surface area contributed by atoms with Crippen LogP contribution in [0.3, 0.4) is 0 Å². The molecule has 0 saturated heterocycles. The third-order valence-corrected chi connectivity index (χ3v) is 3.13.